The van der Waals surface area contributed by atoms with Crippen LogP contribution in [0.25, 0.3) is 0 Å². The monoisotopic (exact) mass is 254 g/mol. The van der Waals surface area contributed by atoms with Crippen molar-refractivity contribution in [3.63, 3.8) is 0 Å². The molecule has 0 aromatic heterocycles. The minimum absolute atomic E-state index is 0.119. The second-order valence-corrected chi connectivity index (χ2v) is 7.08. The Morgan fingerprint density at radius 1 is 1.33 bits per heavy atom. The summed E-state index contributed by atoms with van der Waals surface area (Å²) in [5, 5.41) is 0. The molecule has 0 saturated heterocycles. The van der Waals surface area contributed by atoms with Crippen LogP contribution >= 0.6 is 0 Å². The summed E-state index contributed by atoms with van der Waals surface area (Å²) in [6.07, 6.45) is 5.41. The van der Waals surface area contributed by atoms with Gasteiger partial charge in [0.1, 0.15) is 0 Å². The van der Waals surface area contributed by atoms with Crippen LogP contribution in [0.2, 0.25) is 0 Å². The zero-order valence-corrected chi connectivity index (χ0v) is 12.7. The molecule has 0 heterocycles. The Kier molecular flexibility index (Phi) is 5.20. The van der Waals surface area contributed by atoms with Gasteiger partial charge in [-0.1, -0.05) is 27.7 Å². The predicted molar refractivity (Wildman–Crippen MR) is 76.2 cm³/mol. The molecule has 0 aromatic carbocycles. The Morgan fingerprint density at radius 2 is 1.83 bits per heavy atom. The Morgan fingerprint density at radius 3 is 2.28 bits per heavy atom. The first-order valence-electron chi connectivity index (χ1n) is 7.25. The van der Waals surface area contributed by atoms with Crippen LogP contribution < -0.4 is 5.73 Å². The lowest BCUT2D eigenvalue weighted by Gasteiger charge is -2.39. The maximum absolute atomic E-state index is 12.2. The number of amides is 1. The van der Waals surface area contributed by atoms with E-state index in [1.165, 1.54) is 12.8 Å². The smallest absolute Gasteiger partial charge is 0.239 e. The summed E-state index contributed by atoms with van der Waals surface area (Å²) < 4.78 is 0. The summed E-state index contributed by atoms with van der Waals surface area (Å²) in [5.41, 5.74) is 6.43. The van der Waals surface area contributed by atoms with Crippen LogP contribution in [-0.2, 0) is 4.79 Å². The van der Waals surface area contributed by atoms with E-state index in [1.807, 2.05) is 11.9 Å². The van der Waals surface area contributed by atoms with Crippen molar-refractivity contribution < 1.29 is 4.79 Å². The molecule has 0 aromatic rings. The van der Waals surface area contributed by atoms with Crippen LogP contribution in [0.1, 0.15) is 59.8 Å². The standard InChI is InChI=1S/C15H30N2O/c1-11(2)10-13(16)14(18)17(5)12-6-8-15(3,4)9-7-12/h11-13H,6-10,16H2,1-5H3/t13-/m0/s1. The summed E-state index contributed by atoms with van der Waals surface area (Å²) in [7, 11) is 1.92. The van der Waals surface area contributed by atoms with E-state index < -0.39 is 0 Å². The highest BCUT2D eigenvalue weighted by Crippen LogP contribution is 2.36. The largest absolute Gasteiger partial charge is 0.341 e. The van der Waals surface area contributed by atoms with Crippen molar-refractivity contribution in [3.8, 4) is 0 Å². The quantitative estimate of drug-likeness (QED) is 0.838. The Balaban J connectivity index is 2.49. The summed E-state index contributed by atoms with van der Waals surface area (Å²) in [5.74, 6) is 0.594. The zero-order chi connectivity index (χ0) is 13.9. The Bertz CT molecular complexity index is 276. The molecule has 1 atom stereocenters. The molecule has 3 heteroatoms. The van der Waals surface area contributed by atoms with E-state index >= 15 is 0 Å². The fraction of sp³-hybridized carbons (Fsp3) is 0.933. The number of hydrogen-bond acceptors (Lipinski definition) is 2. The van der Waals surface area contributed by atoms with Gasteiger partial charge in [0.2, 0.25) is 5.91 Å². The first kappa shape index (κ1) is 15.5. The van der Waals surface area contributed by atoms with E-state index in [9.17, 15) is 4.79 Å². The topological polar surface area (TPSA) is 46.3 Å². The number of carbonyl (C=O) groups is 1. The second-order valence-electron chi connectivity index (χ2n) is 7.08. The van der Waals surface area contributed by atoms with Gasteiger partial charge in [0.05, 0.1) is 6.04 Å². The van der Waals surface area contributed by atoms with Crippen molar-refractivity contribution >= 4 is 5.91 Å². The predicted octanol–water partition coefficient (Wildman–Crippen LogP) is 2.79. The van der Waals surface area contributed by atoms with E-state index in [2.05, 4.69) is 27.7 Å². The number of nitrogens with two attached hydrogens (primary N) is 1. The molecule has 1 aliphatic carbocycles. The molecular formula is C15H30N2O. The average Bonchev–Trinajstić information content (AvgIpc) is 2.26. The minimum Gasteiger partial charge on any atom is -0.341 e. The van der Waals surface area contributed by atoms with Gasteiger partial charge in [-0.05, 0) is 43.4 Å². The fourth-order valence-electron chi connectivity index (χ4n) is 2.82. The highest BCUT2D eigenvalue weighted by Gasteiger charge is 2.31. The first-order valence-corrected chi connectivity index (χ1v) is 7.25. The number of likely N-dealkylation sites (N-methyl/N-ethyl adjacent to an activating group) is 1. The van der Waals surface area contributed by atoms with Crippen LogP contribution in [0.4, 0.5) is 0 Å². The molecule has 18 heavy (non-hydrogen) atoms. The fourth-order valence-corrected chi connectivity index (χ4v) is 2.82. The van der Waals surface area contributed by atoms with Crippen molar-refractivity contribution in [1.29, 1.82) is 0 Å². The highest BCUT2D eigenvalue weighted by atomic mass is 16.2. The molecule has 3 nitrogen and oxygen atoms in total. The molecule has 2 N–H and O–H groups in total. The van der Waals surface area contributed by atoms with Gasteiger partial charge in [0.15, 0.2) is 0 Å². The molecule has 1 aliphatic rings. The number of carbonyl (C=O) groups excluding carboxylic acids is 1. The third-order valence-electron chi connectivity index (χ3n) is 4.25. The lowest BCUT2D eigenvalue weighted by Crippen LogP contribution is -2.48. The first-order chi connectivity index (χ1) is 8.23. The van der Waals surface area contributed by atoms with Gasteiger partial charge in [-0.2, -0.15) is 0 Å². The van der Waals surface area contributed by atoms with E-state index in [0.29, 0.717) is 17.4 Å². The maximum atomic E-state index is 12.2. The van der Waals surface area contributed by atoms with Crippen molar-refractivity contribution in [3.05, 3.63) is 0 Å². The van der Waals surface area contributed by atoms with Crippen LogP contribution in [0.5, 0.6) is 0 Å². The number of nitrogens with zero attached hydrogens (tertiary/aromatic N) is 1. The van der Waals surface area contributed by atoms with Crippen LogP contribution in [0.15, 0.2) is 0 Å². The lowest BCUT2D eigenvalue weighted by molar-refractivity contribution is -0.134. The van der Waals surface area contributed by atoms with Crippen LogP contribution in [0.3, 0.4) is 0 Å². The third kappa shape index (κ3) is 4.27. The summed E-state index contributed by atoms with van der Waals surface area (Å²) in [4.78, 5) is 14.1. The van der Waals surface area contributed by atoms with Gasteiger partial charge in [-0.15, -0.1) is 0 Å². The summed E-state index contributed by atoms with van der Waals surface area (Å²) in [6.45, 7) is 8.84. The number of rotatable bonds is 4. The van der Waals surface area contributed by atoms with Gasteiger partial charge in [0.25, 0.3) is 0 Å². The number of hydrogen-bond donors (Lipinski definition) is 1. The molecule has 0 spiro atoms. The minimum atomic E-state index is -0.329. The third-order valence-corrected chi connectivity index (χ3v) is 4.25. The zero-order valence-electron chi connectivity index (χ0n) is 12.7. The molecule has 0 radical (unpaired) electrons. The van der Waals surface area contributed by atoms with Gasteiger partial charge in [0, 0.05) is 13.1 Å². The maximum Gasteiger partial charge on any atom is 0.239 e. The van der Waals surface area contributed by atoms with Gasteiger partial charge >= 0.3 is 0 Å². The molecule has 106 valence electrons. The Hall–Kier alpha value is -0.570. The van der Waals surface area contributed by atoms with Gasteiger partial charge in [-0.3, -0.25) is 4.79 Å². The van der Waals surface area contributed by atoms with Gasteiger partial charge < -0.3 is 10.6 Å². The molecule has 1 amide bonds. The van der Waals surface area contributed by atoms with Crippen molar-refractivity contribution in [2.75, 3.05) is 7.05 Å². The molecule has 1 rings (SSSR count). The average molecular weight is 254 g/mol. The molecule has 0 unspecified atom stereocenters. The molecule has 1 fully saturated rings. The molecule has 0 aliphatic heterocycles. The lowest BCUT2D eigenvalue weighted by atomic mass is 9.75. The van der Waals surface area contributed by atoms with E-state index in [4.69, 9.17) is 5.73 Å². The Labute approximate surface area is 112 Å². The van der Waals surface area contributed by atoms with E-state index in [-0.39, 0.29) is 11.9 Å². The van der Waals surface area contributed by atoms with E-state index in [0.717, 1.165) is 19.3 Å². The molecule has 0 bridgehead atoms. The normalized spacial score (nSPS) is 21.9. The van der Waals surface area contributed by atoms with Crippen molar-refractivity contribution in [2.24, 2.45) is 17.1 Å². The summed E-state index contributed by atoms with van der Waals surface area (Å²) >= 11 is 0. The van der Waals surface area contributed by atoms with Crippen molar-refractivity contribution in [1.82, 2.24) is 4.90 Å². The summed E-state index contributed by atoms with van der Waals surface area (Å²) in [6, 6.07) is 0.0636. The van der Waals surface area contributed by atoms with Crippen LogP contribution in [-0.4, -0.2) is 29.9 Å². The van der Waals surface area contributed by atoms with Crippen molar-refractivity contribution in [2.45, 2.75) is 71.9 Å². The molecular weight excluding hydrogens is 224 g/mol. The highest BCUT2D eigenvalue weighted by molar-refractivity contribution is 5.81. The van der Waals surface area contributed by atoms with Crippen LogP contribution in [0, 0.1) is 11.3 Å². The SMILES string of the molecule is CC(C)C[C@H](N)C(=O)N(C)C1CCC(C)(C)CC1. The van der Waals surface area contributed by atoms with Gasteiger partial charge in [-0.25, -0.2) is 0 Å². The van der Waals surface area contributed by atoms with E-state index in [1.54, 1.807) is 0 Å². The molecule has 1 saturated carbocycles. The second kappa shape index (κ2) is 6.05.